The highest BCUT2D eigenvalue weighted by atomic mass is 35.5. The molecule has 8 nitrogen and oxygen atoms in total. The predicted octanol–water partition coefficient (Wildman–Crippen LogP) is -0.360. The molecule has 2 aromatic carbocycles. The number of unbranched alkanes of at least 4 members (excludes halogenated alkanes) is 2. The third-order valence-electron chi connectivity index (χ3n) is 5.35. The second-order valence-corrected chi connectivity index (χ2v) is 9.80. The number of hydrogen-bond donors (Lipinski definition) is 2. The molecule has 0 aliphatic rings. The molecule has 184 valence electrons. The number of rotatable bonds is 14. The highest BCUT2D eigenvalue weighted by molar-refractivity contribution is 7.92. The third kappa shape index (κ3) is 8.58. The van der Waals surface area contributed by atoms with Gasteiger partial charge in [0.05, 0.1) is 35.1 Å². The zero-order valence-electron chi connectivity index (χ0n) is 19.2. The van der Waals surface area contributed by atoms with E-state index in [9.17, 15) is 23.6 Å². The van der Waals surface area contributed by atoms with E-state index in [1.807, 2.05) is 0 Å². The average molecular weight is 500 g/mol. The molecular weight excluding hydrogens is 466 g/mol. The summed E-state index contributed by atoms with van der Waals surface area (Å²) in [6.07, 6.45) is 3.38. The van der Waals surface area contributed by atoms with E-state index in [-0.39, 0.29) is 29.5 Å². The summed E-state index contributed by atoms with van der Waals surface area (Å²) in [5, 5.41) is 21.8. The number of nitrogens with zero attached hydrogens (tertiary/aromatic N) is 2. The first-order valence-electron chi connectivity index (χ1n) is 11.1. The zero-order chi connectivity index (χ0) is 23.6. The van der Waals surface area contributed by atoms with Crippen LogP contribution < -0.4 is 21.6 Å². The number of aliphatic hydroxyl groups excluding tert-OH is 1. The number of para-hydroxylation sites is 1. The molecule has 0 aliphatic heterocycles. The number of quaternary nitrogens is 1. The summed E-state index contributed by atoms with van der Waals surface area (Å²) >= 11 is 0. The van der Waals surface area contributed by atoms with E-state index in [1.165, 1.54) is 33.5 Å². The monoisotopic (exact) mass is 499 g/mol. The van der Waals surface area contributed by atoms with Gasteiger partial charge in [-0.3, -0.25) is 14.4 Å². The maximum atomic E-state index is 13.4. The van der Waals surface area contributed by atoms with E-state index in [4.69, 9.17) is 0 Å². The number of benzene rings is 2. The molecule has 0 bridgehead atoms. The van der Waals surface area contributed by atoms with Crippen molar-refractivity contribution in [3.8, 4) is 0 Å². The maximum absolute atomic E-state index is 13.4. The van der Waals surface area contributed by atoms with Crippen molar-refractivity contribution in [2.45, 2.75) is 50.5 Å². The number of halogens is 1. The highest BCUT2D eigenvalue weighted by Crippen LogP contribution is 2.25. The summed E-state index contributed by atoms with van der Waals surface area (Å²) < 4.78 is 28.0. The van der Waals surface area contributed by atoms with Crippen LogP contribution in [0.4, 0.5) is 11.4 Å². The summed E-state index contributed by atoms with van der Waals surface area (Å²) in [5.41, 5.74) is 0.259. The second kappa shape index (κ2) is 14.1. The minimum Gasteiger partial charge on any atom is -1.00 e. The molecule has 0 saturated carbocycles. The Morgan fingerprint density at radius 3 is 2.03 bits per heavy atom. The molecule has 0 aromatic heterocycles. The third-order valence-corrected chi connectivity index (χ3v) is 7.16. The fourth-order valence-electron chi connectivity index (χ4n) is 3.58. The van der Waals surface area contributed by atoms with Gasteiger partial charge in [-0.2, -0.15) is 0 Å². The molecule has 33 heavy (non-hydrogen) atoms. The summed E-state index contributed by atoms with van der Waals surface area (Å²) in [7, 11) is -4.02. The number of non-ortho nitro benzene ring substituents is 1. The number of sulfonamides is 1. The van der Waals surface area contributed by atoms with E-state index in [0.29, 0.717) is 12.2 Å². The lowest BCUT2D eigenvalue weighted by atomic mass is 10.2. The van der Waals surface area contributed by atoms with Crippen LogP contribution in [-0.4, -0.2) is 50.7 Å². The smallest absolute Gasteiger partial charge is 0.269 e. The first-order valence-corrected chi connectivity index (χ1v) is 12.6. The molecule has 2 rings (SSSR count). The predicted molar refractivity (Wildman–Crippen MR) is 125 cm³/mol. The zero-order valence-corrected chi connectivity index (χ0v) is 20.8. The maximum Gasteiger partial charge on any atom is 0.269 e. The number of anilines is 1. The molecule has 0 fully saturated rings. The van der Waals surface area contributed by atoms with Crippen LogP contribution in [0.2, 0.25) is 0 Å². The lowest BCUT2D eigenvalue weighted by Gasteiger charge is -2.28. The molecule has 0 amide bonds. The van der Waals surface area contributed by atoms with Gasteiger partial charge in [-0.05, 0) is 37.1 Å². The molecular formula is C23H34ClN3O5S. The standard InChI is InChI=1S/C23H33N3O5S.ClH/c1-3-5-16-24(17-6-4-2)18-22(27)19-25(20-10-8-7-9-11-20)32(30,31)23-14-12-21(13-15-23)26(28)29;/h7-15,22,27H,3-6,16-19H2,1-2H3;1H. The molecule has 0 saturated heterocycles. The normalized spacial score (nSPS) is 12.2. The first kappa shape index (κ1) is 28.8. The Bertz CT molecular complexity index is 934. The summed E-state index contributed by atoms with van der Waals surface area (Å²) in [6, 6.07) is 13.4. The lowest BCUT2D eigenvalue weighted by molar-refractivity contribution is -0.903. The Balaban J connectivity index is 0.00000544. The summed E-state index contributed by atoms with van der Waals surface area (Å²) in [4.78, 5) is 11.6. The van der Waals surface area contributed by atoms with Crippen LogP contribution in [0.25, 0.3) is 0 Å². The van der Waals surface area contributed by atoms with Gasteiger partial charge in [0, 0.05) is 12.1 Å². The van der Waals surface area contributed by atoms with Crippen molar-refractivity contribution in [2.75, 3.05) is 30.5 Å². The molecule has 10 heteroatoms. The fraction of sp³-hybridized carbons (Fsp3) is 0.478. The fourth-order valence-corrected chi connectivity index (χ4v) is 5.08. The van der Waals surface area contributed by atoms with Crippen LogP contribution in [0.1, 0.15) is 39.5 Å². The van der Waals surface area contributed by atoms with E-state index in [0.717, 1.165) is 38.8 Å². The average Bonchev–Trinajstić information content (AvgIpc) is 2.79. The Kier molecular flexibility index (Phi) is 12.4. The number of nitrogens with one attached hydrogen (secondary N) is 1. The molecule has 0 heterocycles. The molecule has 0 aliphatic carbocycles. The number of nitro benzene ring substituents is 1. The lowest BCUT2D eigenvalue weighted by Crippen LogP contribution is -3.13. The molecule has 2 aromatic rings. The van der Waals surface area contributed by atoms with Crippen molar-refractivity contribution in [1.29, 1.82) is 0 Å². The van der Waals surface area contributed by atoms with Crippen LogP contribution >= 0.6 is 0 Å². The van der Waals surface area contributed by atoms with E-state index in [2.05, 4.69) is 13.8 Å². The van der Waals surface area contributed by atoms with Crippen molar-refractivity contribution in [3.63, 3.8) is 0 Å². The SMILES string of the molecule is CCCC[NH+](CCCC)CC(O)CN(c1ccccc1)S(=O)(=O)c1ccc([N+](=O)[O-])cc1.[Cl-]. The summed E-state index contributed by atoms with van der Waals surface area (Å²) in [6.45, 7) is 6.50. The molecule has 0 spiro atoms. The quantitative estimate of drug-likeness (QED) is 0.273. The van der Waals surface area contributed by atoms with Gasteiger partial charge in [-0.1, -0.05) is 44.9 Å². The van der Waals surface area contributed by atoms with Crippen LogP contribution in [-0.2, 0) is 10.0 Å². The first-order chi connectivity index (χ1) is 15.3. The van der Waals surface area contributed by atoms with Crippen LogP contribution in [0, 0.1) is 10.1 Å². The largest absolute Gasteiger partial charge is 1.00 e. The number of aliphatic hydroxyl groups is 1. The number of nitro groups is 1. The molecule has 1 unspecified atom stereocenters. The minimum absolute atomic E-state index is 0. The van der Waals surface area contributed by atoms with Crippen LogP contribution in [0.3, 0.4) is 0 Å². The van der Waals surface area contributed by atoms with E-state index < -0.39 is 21.1 Å². The van der Waals surface area contributed by atoms with Crippen molar-refractivity contribution in [2.24, 2.45) is 0 Å². The van der Waals surface area contributed by atoms with Gasteiger partial charge in [0.2, 0.25) is 0 Å². The van der Waals surface area contributed by atoms with E-state index >= 15 is 0 Å². The van der Waals surface area contributed by atoms with Gasteiger partial charge in [0.1, 0.15) is 12.6 Å². The second-order valence-electron chi connectivity index (χ2n) is 7.94. The molecule has 1 atom stereocenters. The Morgan fingerprint density at radius 1 is 1.00 bits per heavy atom. The summed E-state index contributed by atoms with van der Waals surface area (Å²) in [5.74, 6) is 0. The topological polar surface area (TPSA) is 105 Å². The highest BCUT2D eigenvalue weighted by Gasteiger charge is 2.29. The Morgan fingerprint density at radius 2 is 1.55 bits per heavy atom. The van der Waals surface area contributed by atoms with E-state index in [1.54, 1.807) is 30.3 Å². The van der Waals surface area contributed by atoms with Crippen molar-refractivity contribution in [3.05, 3.63) is 64.7 Å². The van der Waals surface area contributed by atoms with Gasteiger partial charge in [0.15, 0.2) is 0 Å². The van der Waals surface area contributed by atoms with Crippen molar-refractivity contribution >= 4 is 21.4 Å². The Hall–Kier alpha value is -2.20. The van der Waals surface area contributed by atoms with Gasteiger partial charge >= 0.3 is 0 Å². The van der Waals surface area contributed by atoms with Crippen LogP contribution in [0.5, 0.6) is 0 Å². The van der Waals surface area contributed by atoms with Crippen molar-refractivity contribution in [1.82, 2.24) is 0 Å². The van der Waals surface area contributed by atoms with Gasteiger partial charge < -0.3 is 22.4 Å². The molecule has 2 N–H and O–H groups in total. The molecule has 0 radical (unpaired) electrons. The van der Waals surface area contributed by atoms with Crippen molar-refractivity contribution < 1.29 is 35.8 Å². The van der Waals surface area contributed by atoms with Gasteiger partial charge in [0.25, 0.3) is 15.7 Å². The minimum atomic E-state index is -4.02. The van der Waals surface area contributed by atoms with Crippen LogP contribution in [0.15, 0.2) is 59.5 Å². The van der Waals surface area contributed by atoms with Gasteiger partial charge in [-0.25, -0.2) is 8.42 Å². The van der Waals surface area contributed by atoms with Gasteiger partial charge in [-0.15, -0.1) is 0 Å². The number of hydrogen-bond acceptors (Lipinski definition) is 5. The Labute approximate surface area is 202 Å².